The van der Waals surface area contributed by atoms with Crippen LogP contribution in [0.4, 0.5) is 0 Å². The number of hydrogen-bond acceptors (Lipinski definition) is 7. The van der Waals surface area contributed by atoms with Crippen LogP contribution in [-0.2, 0) is 13.5 Å². The third-order valence-electron chi connectivity index (χ3n) is 6.49. The molecular weight excluding hydrogens is 526 g/mol. The van der Waals surface area contributed by atoms with Crippen molar-refractivity contribution >= 4 is 16.9 Å². The zero-order valence-electron chi connectivity index (χ0n) is 24.0. The molecule has 5 aromatic rings. The summed E-state index contributed by atoms with van der Waals surface area (Å²) in [6.45, 7) is 5.30. The van der Waals surface area contributed by atoms with Gasteiger partial charge in [0, 0.05) is 63.2 Å². The van der Waals surface area contributed by atoms with Crippen LogP contribution in [0.2, 0.25) is 0 Å². The monoisotopic (exact) mass is 563 g/mol. The van der Waals surface area contributed by atoms with Crippen molar-refractivity contribution in [2.45, 2.75) is 6.42 Å². The SMILES string of the molecule is C=C(N)NCCN.CN(CCc1ccccn1)C(=O)c1ccc2c(c1)nc(-c1ccc(Oc3ccccc3)cc1)n2C. The van der Waals surface area contributed by atoms with E-state index in [-0.39, 0.29) is 5.91 Å². The Morgan fingerprint density at radius 1 is 1.00 bits per heavy atom. The summed E-state index contributed by atoms with van der Waals surface area (Å²) in [5.41, 5.74) is 14.6. The van der Waals surface area contributed by atoms with Crippen molar-refractivity contribution in [3.8, 4) is 22.9 Å². The number of nitrogens with one attached hydrogen (secondary N) is 1. The van der Waals surface area contributed by atoms with E-state index in [1.165, 1.54) is 0 Å². The van der Waals surface area contributed by atoms with Crippen LogP contribution in [0.1, 0.15) is 16.1 Å². The average Bonchev–Trinajstić information content (AvgIpc) is 3.35. The molecule has 0 saturated carbocycles. The number of benzene rings is 3. The number of carbonyl (C=O) groups is 1. The number of ether oxygens (including phenoxy) is 1. The van der Waals surface area contributed by atoms with Crippen molar-refractivity contribution in [2.24, 2.45) is 18.5 Å². The highest BCUT2D eigenvalue weighted by Crippen LogP contribution is 2.28. The van der Waals surface area contributed by atoms with E-state index in [1.807, 2.05) is 110 Å². The summed E-state index contributed by atoms with van der Waals surface area (Å²) >= 11 is 0. The van der Waals surface area contributed by atoms with E-state index < -0.39 is 0 Å². The van der Waals surface area contributed by atoms with Crippen LogP contribution in [0, 0.1) is 0 Å². The van der Waals surface area contributed by atoms with Crippen molar-refractivity contribution in [3.63, 3.8) is 0 Å². The predicted octanol–water partition coefficient (Wildman–Crippen LogP) is 4.71. The minimum atomic E-state index is -0.0301. The number of nitrogens with zero attached hydrogens (tertiary/aromatic N) is 4. The third-order valence-corrected chi connectivity index (χ3v) is 6.49. The van der Waals surface area contributed by atoms with Gasteiger partial charge in [-0.25, -0.2) is 4.98 Å². The minimum absolute atomic E-state index is 0.0301. The lowest BCUT2D eigenvalue weighted by Crippen LogP contribution is -2.29. The summed E-state index contributed by atoms with van der Waals surface area (Å²) in [4.78, 5) is 23.9. The van der Waals surface area contributed by atoms with Crippen LogP contribution in [0.15, 0.2) is 110 Å². The smallest absolute Gasteiger partial charge is 0.253 e. The van der Waals surface area contributed by atoms with Crippen molar-refractivity contribution < 1.29 is 9.53 Å². The van der Waals surface area contributed by atoms with Crippen LogP contribution in [0.3, 0.4) is 0 Å². The van der Waals surface area contributed by atoms with E-state index in [0.29, 0.717) is 37.4 Å². The van der Waals surface area contributed by atoms with E-state index >= 15 is 0 Å². The Hall–Kier alpha value is -5.15. The Morgan fingerprint density at radius 2 is 1.71 bits per heavy atom. The largest absolute Gasteiger partial charge is 0.457 e. The molecule has 0 aliphatic carbocycles. The number of para-hydroxylation sites is 1. The molecule has 42 heavy (non-hydrogen) atoms. The summed E-state index contributed by atoms with van der Waals surface area (Å²) in [6.07, 6.45) is 2.48. The molecule has 216 valence electrons. The van der Waals surface area contributed by atoms with Gasteiger partial charge in [-0.05, 0) is 66.7 Å². The topological polar surface area (TPSA) is 124 Å². The molecule has 0 fully saturated rings. The van der Waals surface area contributed by atoms with Crippen LogP contribution < -0.4 is 21.5 Å². The normalized spacial score (nSPS) is 10.5. The number of nitrogens with two attached hydrogens (primary N) is 2. The van der Waals surface area contributed by atoms with E-state index in [1.54, 1.807) is 11.1 Å². The Balaban J connectivity index is 0.000000517. The second-order valence-electron chi connectivity index (χ2n) is 9.68. The Bertz CT molecular complexity index is 1600. The number of imidazole rings is 1. The summed E-state index contributed by atoms with van der Waals surface area (Å²) in [5.74, 6) is 2.84. The summed E-state index contributed by atoms with van der Waals surface area (Å²) in [7, 11) is 3.80. The van der Waals surface area contributed by atoms with Gasteiger partial charge in [0.1, 0.15) is 17.3 Å². The van der Waals surface area contributed by atoms with E-state index in [2.05, 4.69) is 16.9 Å². The standard InChI is InChI=1S/C29H26N4O2.C4H11N3/c1-32(19-17-23-8-6-7-18-30-23)29(34)22-13-16-27-26(20-22)31-28(33(27)2)21-11-14-25(15-12-21)35-24-9-4-3-5-10-24;1-4(6)7-3-2-5/h3-16,18,20H,17,19H2,1-2H3;7H,1-3,5-6H2. The first-order valence-electron chi connectivity index (χ1n) is 13.7. The number of carbonyl (C=O) groups excluding carboxylic acids is 1. The first kappa shape index (κ1) is 29.8. The van der Waals surface area contributed by atoms with Crippen LogP contribution in [0.5, 0.6) is 11.5 Å². The molecule has 0 bridgehead atoms. The maximum absolute atomic E-state index is 13.0. The number of fused-ring (bicyclic) bond motifs is 1. The van der Waals surface area contributed by atoms with Gasteiger partial charge in [0.15, 0.2) is 0 Å². The maximum atomic E-state index is 13.0. The van der Waals surface area contributed by atoms with E-state index in [9.17, 15) is 4.79 Å². The summed E-state index contributed by atoms with van der Waals surface area (Å²) in [5, 5.41) is 2.75. The van der Waals surface area contributed by atoms with Crippen LogP contribution in [0.25, 0.3) is 22.4 Å². The number of hydrogen-bond donors (Lipinski definition) is 3. The number of amides is 1. The quantitative estimate of drug-likeness (QED) is 0.225. The van der Waals surface area contributed by atoms with Gasteiger partial charge < -0.3 is 31.0 Å². The molecule has 3 aromatic carbocycles. The third kappa shape index (κ3) is 7.96. The fourth-order valence-corrected chi connectivity index (χ4v) is 4.27. The molecule has 9 nitrogen and oxygen atoms in total. The molecule has 0 atom stereocenters. The van der Waals surface area contributed by atoms with E-state index in [4.69, 9.17) is 21.2 Å². The van der Waals surface area contributed by atoms with Gasteiger partial charge in [0.2, 0.25) is 0 Å². The number of aryl methyl sites for hydroxylation is 1. The molecule has 9 heteroatoms. The molecule has 0 unspecified atom stereocenters. The highest BCUT2D eigenvalue weighted by Gasteiger charge is 2.16. The number of rotatable bonds is 10. The van der Waals surface area contributed by atoms with Crippen molar-refractivity contribution in [1.29, 1.82) is 0 Å². The highest BCUT2D eigenvalue weighted by molar-refractivity contribution is 5.97. The molecule has 0 radical (unpaired) electrons. The lowest BCUT2D eigenvalue weighted by molar-refractivity contribution is 0.0796. The molecule has 0 aliphatic heterocycles. The van der Waals surface area contributed by atoms with Gasteiger partial charge in [0.05, 0.1) is 16.9 Å². The van der Waals surface area contributed by atoms with Gasteiger partial charge >= 0.3 is 0 Å². The number of likely N-dealkylation sites (N-methyl/N-ethyl adjacent to an activating group) is 1. The fraction of sp³-hybridized carbons (Fsp3) is 0.182. The molecule has 1 amide bonds. The van der Waals surface area contributed by atoms with Gasteiger partial charge in [0.25, 0.3) is 5.91 Å². The second kappa shape index (κ2) is 14.5. The van der Waals surface area contributed by atoms with E-state index in [0.717, 1.165) is 39.6 Å². The summed E-state index contributed by atoms with van der Waals surface area (Å²) < 4.78 is 7.94. The molecule has 2 aromatic heterocycles. The average molecular weight is 564 g/mol. The van der Waals surface area contributed by atoms with Crippen molar-refractivity contribution in [3.05, 3.63) is 121 Å². The lowest BCUT2D eigenvalue weighted by Gasteiger charge is -2.17. The first-order chi connectivity index (χ1) is 20.4. The molecule has 0 spiro atoms. The Morgan fingerprint density at radius 3 is 2.36 bits per heavy atom. The number of pyridine rings is 1. The summed E-state index contributed by atoms with van der Waals surface area (Å²) in [6, 6.07) is 29.1. The second-order valence-corrected chi connectivity index (χ2v) is 9.68. The molecule has 2 heterocycles. The van der Waals surface area contributed by atoms with Gasteiger partial charge in [-0.1, -0.05) is 30.8 Å². The zero-order chi connectivity index (χ0) is 29.9. The van der Waals surface area contributed by atoms with Crippen molar-refractivity contribution in [2.75, 3.05) is 26.7 Å². The van der Waals surface area contributed by atoms with Crippen molar-refractivity contribution in [1.82, 2.24) is 24.8 Å². The number of aromatic nitrogens is 3. The molecule has 0 saturated heterocycles. The molecule has 5 rings (SSSR count). The van der Waals surface area contributed by atoms with Gasteiger partial charge in [-0.3, -0.25) is 9.78 Å². The predicted molar refractivity (Wildman–Crippen MR) is 168 cm³/mol. The van der Waals surface area contributed by atoms with Gasteiger partial charge in [-0.15, -0.1) is 0 Å². The molecule has 5 N–H and O–H groups in total. The van der Waals surface area contributed by atoms with Crippen LogP contribution in [-0.4, -0.2) is 52.0 Å². The minimum Gasteiger partial charge on any atom is -0.457 e. The lowest BCUT2D eigenvalue weighted by atomic mass is 10.1. The first-order valence-corrected chi connectivity index (χ1v) is 13.7. The molecular formula is C33H37N7O2. The highest BCUT2D eigenvalue weighted by atomic mass is 16.5. The molecule has 0 aliphatic rings. The van der Waals surface area contributed by atoms with Crippen LogP contribution >= 0.6 is 0 Å². The Labute approximate surface area is 246 Å². The maximum Gasteiger partial charge on any atom is 0.253 e. The van der Waals surface area contributed by atoms with Gasteiger partial charge in [-0.2, -0.15) is 0 Å². The zero-order valence-corrected chi connectivity index (χ0v) is 24.0. The Kier molecular flexibility index (Phi) is 10.3. The fourth-order valence-electron chi connectivity index (χ4n) is 4.27.